The number of primary sulfonamides is 1. The average Bonchev–Trinajstić information content (AvgIpc) is 2.44. The van der Waals surface area contributed by atoms with Crippen molar-refractivity contribution in [1.82, 2.24) is 10.6 Å². The van der Waals surface area contributed by atoms with E-state index in [1.165, 1.54) is 0 Å². The van der Waals surface area contributed by atoms with E-state index in [2.05, 4.69) is 15.6 Å². The Morgan fingerprint density at radius 3 is 2.41 bits per heavy atom. The van der Waals surface area contributed by atoms with Gasteiger partial charge in [-0.15, -0.1) is 24.0 Å². The lowest BCUT2D eigenvalue weighted by molar-refractivity contribution is 0.414. The molecule has 1 aromatic carbocycles. The summed E-state index contributed by atoms with van der Waals surface area (Å²) in [7, 11) is -1.85. The molecule has 0 saturated carbocycles. The highest BCUT2D eigenvalue weighted by Gasteiger charge is 2.03. The highest BCUT2D eigenvalue weighted by atomic mass is 127. The van der Waals surface area contributed by atoms with Gasteiger partial charge in [-0.1, -0.05) is 12.1 Å². The van der Waals surface area contributed by atoms with Crippen molar-refractivity contribution in [3.8, 4) is 5.75 Å². The van der Waals surface area contributed by atoms with Crippen LogP contribution >= 0.6 is 24.0 Å². The fourth-order valence-electron chi connectivity index (χ4n) is 1.55. The molecule has 9 heteroatoms. The molecule has 0 atom stereocenters. The zero-order valence-electron chi connectivity index (χ0n) is 12.7. The van der Waals surface area contributed by atoms with E-state index in [-0.39, 0.29) is 36.3 Å². The van der Waals surface area contributed by atoms with Crippen LogP contribution in [0.2, 0.25) is 0 Å². The Morgan fingerprint density at radius 2 is 1.91 bits per heavy atom. The van der Waals surface area contributed by atoms with Gasteiger partial charge in [0.25, 0.3) is 0 Å². The van der Waals surface area contributed by atoms with Gasteiger partial charge in [-0.3, -0.25) is 0 Å². The van der Waals surface area contributed by atoms with Crippen molar-refractivity contribution in [2.75, 3.05) is 26.0 Å². The summed E-state index contributed by atoms with van der Waals surface area (Å²) in [4.78, 5) is 4.38. The highest BCUT2D eigenvalue weighted by Crippen LogP contribution is 2.11. The number of nitrogens with one attached hydrogen (secondary N) is 2. The molecule has 1 rings (SSSR count). The molecular formula is C13H23IN4O3S. The van der Waals surface area contributed by atoms with Crippen LogP contribution in [0.25, 0.3) is 0 Å². The van der Waals surface area contributed by atoms with E-state index in [4.69, 9.17) is 9.88 Å². The van der Waals surface area contributed by atoms with E-state index in [1.54, 1.807) is 7.11 Å². The minimum absolute atomic E-state index is 0. The first-order valence-electron chi connectivity index (χ1n) is 6.60. The van der Waals surface area contributed by atoms with Gasteiger partial charge in [-0.25, -0.2) is 18.5 Å². The van der Waals surface area contributed by atoms with Crippen LogP contribution < -0.4 is 20.5 Å². The quantitative estimate of drug-likeness (QED) is 0.327. The molecule has 1 aromatic rings. The topological polar surface area (TPSA) is 106 Å². The summed E-state index contributed by atoms with van der Waals surface area (Å²) in [5.74, 6) is 1.21. The first kappa shape index (κ1) is 20.9. The van der Waals surface area contributed by atoms with Crippen LogP contribution in [0.1, 0.15) is 12.5 Å². The molecule has 0 aliphatic carbocycles. The van der Waals surface area contributed by atoms with Crippen LogP contribution in [0.3, 0.4) is 0 Å². The number of sulfonamides is 1. The third-order valence-corrected chi connectivity index (χ3v) is 3.38. The second-order valence-electron chi connectivity index (χ2n) is 4.34. The van der Waals surface area contributed by atoms with Crippen molar-refractivity contribution in [3.63, 3.8) is 0 Å². The molecule has 0 heterocycles. The molecule has 126 valence electrons. The van der Waals surface area contributed by atoms with Crippen molar-refractivity contribution in [2.45, 2.75) is 13.5 Å². The molecule has 0 saturated heterocycles. The molecule has 0 aromatic heterocycles. The van der Waals surface area contributed by atoms with E-state index in [1.807, 2.05) is 31.2 Å². The number of hydrogen-bond acceptors (Lipinski definition) is 4. The van der Waals surface area contributed by atoms with Gasteiger partial charge in [0.1, 0.15) is 5.75 Å². The Morgan fingerprint density at radius 1 is 1.27 bits per heavy atom. The number of benzene rings is 1. The summed E-state index contributed by atoms with van der Waals surface area (Å²) in [6.45, 7) is 3.32. The number of nitrogens with zero attached hydrogens (tertiary/aromatic N) is 1. The second-order valence-corrected chi connectivity index (χ2v) is 6.07. The molecule has 0 aliphatic heterocycles. The molecule has 22 heavy (non-hydrogen) atoms. The van der Waals surface area contributed by atoms with Crippen LogP contribution in [-0.2, 0) is 16.6 Å². The van der Waals surface area contributed by atoms with E-state index in [0.29, 0.717) is 19.0 Å². The van der Waals surface area contributed by atoms with Crippen LogP contribution in [0, 0.1) is 0 Å². The van der Waals surface area contributed by atoms with Crippen LogP contribution in [-0.4, -0.2) is 40.3 Å². The van der Waals surface area contributed by atoms with Gasteiger partial charge in [-0.05, 0) is 24.6 Å². The SMILES string of the molecule is CCNC(=NCc1ccc(OC)cc1)NCCS(N)(=O)=O.I. The molecule has 0 unspecified atom stereocenters. The summed E-state index contributed by atoms with van der Waals surface area (Å²) in [6, 6.07) is 7.59. The first-order chi connectivity index (χ1) is 9.94. The molecular weight excluding hydrogens is 419 g/mol. The molecule has 0 aliphatic rings. The van der Waals surface area contributed by atoms with Gasteiger partial charge in [0.15, 0.2) is 5.96 Å². The number of guanidine groups is 1. The van der Waals surface area contributed by atoms with Gasteiger partial charge in [-0.2, -0.15) is 0 Å². The summed E-state index contributed by atoms with van der Waals surface area (Å²) in [5, 5.41) is 10.9. The Hall–Kier alpha value is -1.07. The zero-order valence-corrected chi connectivity index (χ0v) is 15.9. The third kappa shape index (κ3) is 9.05. The Balaban J connectivity index is 0.00000441. The van der Waals surface area contributed by atoms with E-state index < -0.39 is 10.0 Å². The number of ether oxygens (including phenoxy) is 1. The van der Waals surface area contributed by atoms with E-state index in [0.717, 1.165) is 11.3 Å². The lowest BCUT2D eigenvalue weighted by atomic mass is 10.2. The lowest BCUT2D eigenvalue weighted by Gasteiger charge is -2.10. The predicted octanol–water partition coefficient (Wildman–Crippen LogP) is 0.657. The summed E-state index contributed by atoms with van der Waals surface area (Å²) in [5.41, 5.74) is 1.03. The maximum atomic E-state index is 10.9. The lowest BCUT2D eigenvalue weighted by Crippen LogP contribution is -2.40. The molecule has 0 amide bonds. The van der Waals surface area contributed by atoms with Crippen molar-refractivity contribution in [1.29, 1.82) is 0 Å². The Labute approximate surface area is 148 Å². The van der Waals surface area contributed by atoms with Crippen LogP contribution in [0.15, 0.2) is 29.3 Å². The number of aliphatic imine (C=N–C) groups is 1. The van der Waals surface area contributed by atoms with Gasteiger partial charge in [0.2, 0.25) is 10.0 Å². The fourth-order valence-corrected chi connectivity index (χ4v) is 1.94. The third-order valence-electron chi connectivity index (χ3n) is 2.60. The summed E-state index contributed by atoms with van der Waals surface area (Å²) in [6.07, 6.45) is 0. The maximum Gasteiger partial charge on any atom is 0.210 e. The van der Waals surface area contributed by atoms with Gasteiger partial charge >= 0.3 is 0 Å². The number of rotatable bonds is 7. The number of methoxy groups -OCH3 is 1. The monoisotopic (exact) mass is 442 g/mol. The summed E-state index contributed by atoms with van der Waals surface area (Å²) >= 11 is 0. The van der Waals surface area contributed by atoms with Crippen molar-refractivity contribution < 1.29 is 13.2 Å². The average molecular weight is 442 g/mol. The highest BCUT2D eigenvalue weighted by molar-refractivity contribution is 14.0. The van der Waals surface area contributed by atoms with Crippen molar-refractivity contribution in [3.05, 3.63) is 29.8 Å². The van der Waals surface area contributed by atoms with Crippen LogP contribution in [0.4, 0.5) is 0 Å². The first-order valence-corrected chi connectivity index (χ1v) is 8.31. The van der Waals surface area contributed by atoms with E-state index >= 15 is 0 Å². The molecule has 4 N–H and O–H groups in total. The van der Waals surface area contributed by atoms with Gasteiger partial charge in [0, 0.05) is 13.1 Å². The largest absolute Gasteiger partial charge is 0.497 e. The normalized spacial score (nSPS) is 11.5. The van der Waals surface area contributed by atoms with Gasteiger partial charge in [0.05, 0.1) is 19.4 Å². The molecule has 0 radical (unpaired) electrons. The Kier molecular flexibility index (Phi) is 10.1. The summed E-state index contributed by atoms with van der Waals surface area (Å²) < 4.78 is 26.8. The fraction of sp³-hybridized carbons (Fsp3) is 0.462. The van der Waals surface area contributed by atoms with E-state index in [9.17, 15) is 8.42 Å². The molecule has 0 fully saturated rings. The molecule has 0 bridgehead atoms. The maximum absolute atomic E-state index is 10.9. The number of nitrogens with two attached hydrogens (primary N) is 1. The molecule has 0 spiro atoms. The number of hydrogen-bond donors (Lipinski definition) is 3. The Bertz CT molecular complexity index is 561. The smallest absolute Gasteiger partial charge is 0.210 e. The molecule has 7 nitrogen and oxygen atoms in total. The zero-order chi connectivity index (χ0) is 15.7. The minimum Gasteiger partial charge on any atom is -0.497 e. The van der Waals surface area contributed by atoms with Gasteiger partial charge < -0.3 is 15.4 Å². The second kappa shape index (κ2) is 10.6. The van der Waals surface area contributed by atoms with Crippen molar-refractivity contribution in [2.24, 2.45) is 10.1 Å². The predicted molar refractivity (Wildman–Crippen MR) is 99.2 cm³/mol. The standard InChI is InChI=1S/C13H22N4O3S.HI/c1-3-15-13(16-8-9-21(14,18)19)17-10-11-4-6-12(20-2)7-5-11;/h4-7H,3,8-10H2,1-2H3,(H2,14,18,19)(H2,15,16,17);1H. The van der Waals surface area contributed by atoms with Crippen LogP contribution in [0.5, 0.6) is 5.75 Å². The minimum atomic E-state index is -3.47. The number of halogens is 1. The van der Waals surface area contributed by atoms with Crippen molar-refractivity contribution >= 4 is 40.0 Å².